The molecule has 0 N–H and O–H groups in total. The Morgan fingerprint density at radius 2 is 1.96 bits per heavy atom. The Morgan fingerprint density at radius 3 is 2.72 bits per heavy atom. The zero-order chi connectivity index (χ0) is 17.3. The van der Waals surface area contributed by atoms with E-state index in [1.807, 2.05) is 0 Å². The van der Waals surface area contributed by atoms with Crippen LogP contribution in [-0.4, -0.2) is 31.2 Å². The van der Waals surface area contributed by atoms with Crippen LogP contribution < -0.4 is 0 Å². The molecule has 0 aromatic carbocycles. The van der Waals surface area contributed by atoms with Crippen molar-refractivity contribution < 1.29 is 14.3 Å². The molecule has 4 aliphatic carbocycles. The highest BCUT2D eigenvalue weighted by Gasteiger charge is 2.64. The second-order valence-corrected chi connectivity index (χ2v) is 10.1. The van der Waals surface area contributed by atoms with Crippen LogP contribution in [-0.2, 0) is 14.3 Å². The molecule has 140 valence electrons. The van der Waals surface area contributed by atoms with E-state index in [4.69, 9.17) is 9.47 Å². The summed E-state index contributed by atoms with van der Waals surface area (Å²) in [6.07, 6.45) is 10.8. The van der Waals surface area contributed by atoms with Crippen molar-refractivity contribution in [3.8, 4) is 0 Å². The molecule has 4 saturated carbocycles. The van der Waals surface area contributed by atoms with Crippen LogP contribution in [0, 0.1) is 34.5 Å². The van der Waals surface area contributed by atoms with E-state index in [0.717, 1.165) is 56.8 Å². The molecule has 7 unspecified atom stereocenters. The fraction of sp³-hybridized carbons (Fsp3) is 0.955. The maximum atomic E-state index is 12.6. The molecule has 1 saturated heterocycles. The number of carbonyl (C=O) groups excluding carboxylic acids is 1. The van der Waals surface area contributed by atoms with Crippen molar-refractivity contribution >= 4 is 5.78 Å². The van der Waals surface area contributed by atoms with Gasteiger partial charge in [0.1, 0.15) is 5.78 Å². The third-order valence-corrected chi connectivity index (χ3v) is 9.34. The van der Waals surface area contributed by atoms with Gasteiger partial charge in [-0.2, -0.15) is 0 Å². The lowest BCUT2D eigenvalue weighted by molar-refractivity contribution is -0.159. The predicted octanol–water partition coefficient (Wildman–Crippen LogP) is 4.38. The number of ketones is 1. The number of fused-ring (bicyclic) bond motifs is 5. The van der Waals surface area contributed by atoms with Crippen molar-refractivity contribution in [1.82, 2.24) is 0 Å². The first-order chi connectivity index (χ1) is 12.0. The Morgan fingerprint density at radius 1 is 1.12 bits per heavy atom. The zero-order valence-electron chi connectivity index (χ0n) is 16.0. The van der Waals surface area contributed by atoms with E-state index in [1.165, 1.54) is 38.5 Å². The third kappa shape index (κ3) is 2.27. The van der Waals surface area contributed by atoms with Crippen LogP contribution in [0.2, 0.25) is 0 Å². The normalized spacial score (nSPS) is 54.1. The van der Waals surface area contributed by atoms with Gasteiger partial charge in [-0.1, -0.05) is 6.92 Å². The summed E-state index contributed by atoms with van der Waals surface area (Å²) in [6, 6.07) is 0. The van der Waals surface area contributed by atoms with Crippen molar-refractivity contribution in [2.24, 2.45) is 34.5 Å². The van der Waals surface area contributed by atoms with E-state index >= 15 is 0 Å². The largest absolute Gasteiger partial charge is 0.381 e. The molecule has 1 aliphatic heterocycles. The molecule has 25 heavy (non-hydrogen) atoms. The van der Waals surface area contributed by atoms with Gasteiger partial charge in [-0.3, -0.25) is 4.79 Å². The second kappa shape index (κ2) is 5.55. The van der Waals surface area contributed by atoms with Gasteiger partial charge in [0.25, 0.3) is 0 Å². The Bertz CT molecular complexity index is 568. The summed E-state index contributed by atoms with van der Waals surface area (Å²) < 4.78 is 12.0. The summed E-state index contributed by atoms with van der Waals surface area (Å²) >= 11 is 0. The lowest BCUT2D eigenvalue weighted by atomic mass is 9.44. The van der Waals surface area contributed by atoms with Crippen molar-refractivity contribution in [2.45, 2.75) is 77.2 Å². The minimum Gasteiger partial charge on any atom is -0.381 e. The summed E-state index contributed by atoms with van der Waals surface area (Å²) in [7, 11) is 0. The van der Waals surface area contributed by atoms with E-state index in [2.05, 4.69) is 13.8 Å². The van der Waals surface area contributed by atoms with Gasteiger partial charge in [-0.15, -0.1) is 0 Å². The second-order valence-electron chi connectivity index (χ2n) is 10.1. The van der Waals surface area contributed by atoms with Gasteiger partial charge in [0, 0.05) is 18.4 Å². The Balaban J connectivity index is 1.46. The van der Waals surface area contributed by atoms with Crippen LogP contribution in [0.4, 0.5) is 0 Å². The van der Waals surface area contributed by atoms with E-state index < -0.39 is 0 Å². The molecule has 5 rings (SSSR count). The van der Waals surface area contributed by atoms with Crippen molar-refractivity contribution in [3.63, 3.8) is 0 Å². The Kier molecular flexibility index (Phi) is 3.71. The summed E-state index contributed by atoms with van der Waals surface area (Å²) in [6.45, 7) is 7.19. The topological polar surface area (TPSA) is 38.8 Å². The first kappa shape index (κ1) is 16.7. The van der Waals surface area contributed by atoms with Crippen molar-refractivity contribution in [1.29, 1.82) is 0 Å². The molecule has 7 atom stereocenters. The number of epoxide rings is 1. The van der Waals surface area contributed by atoms with Gasteiger partial charge in [0.2, 0.25) is 0 Å². The molecule has 0 amide bonds. The maximum Gasteiger partial charge on any atom is 0.139 e. The van der Waals surface area contributed by atoms with Gasteiger partial charge in [-0.25, -0.2) is 0 Å². The molecule has 0 aromatic rings. The molecule has 5 aliphatic rings. The summed E-state index contributed by atoms with van der Waals surface area (Å²) in [4.78, 5) is 12.6. The van der Waals surface area contributed by atoms with E-state index in [0.29, 0.717) is 17.1 Å². The molecule has 0 radical (unpaired) electrons. The van der Waals surface area contributed by atoms with Crippen LogP contribution >= 0.6 is 0 Å². The third-order valence-electron chi connectivity index (χ3n) is 9.34. The molecule has 0 bridgehead atoms. The fourth-order valence-corrected chi connectivity index (χ4v) is 7.82. The van der Waals surface area contributed by atoms with Gasteiger partial charge >= 0.3 is 0 Å². The highest BCUT2D eigenvalue weighted by atomic mass is 16.6. The van der Waals surface area contributed by atoms with Gasteiger partial charge in [-0.05, 0) is 87.4 Å². The van der Waals surface area contributed by atoms with Gasteiger partial charge in [0.15, 0.2) is 0 Å². The molecule has 1 spiro atoms. The van der Waals surface area contributed by atoms with Crippen LogP contribution in [0.25, 0.3) is 0 Å². The Hall–Kier alpha value is -0.410. The van der Waals surface area contributed by atoms with Crippen LogP contribution in [0.15, 0.2) is 0 Å². The zero-order valence-corrected chi connectivity index (χ0v) is 16.0. The van der Waals surface area contributed by atoms with E-state index in [-0.39, 0.29) is 11.0 Å². The number of hydrogen-bond acceptors (Lipinski definition) is 3. The smallest absolute Gasteiger partial charge is 0.139 e. The molecule has 5 fully saturated rings. The summed E-state index contributed by atoms with van der Waals surface area (Å²) in [5.74, 6) is 3.52. The standard InChI is InChI=1S/C22H34O3/c1-3-24-14-22-11-10-21(13-25-21)12-15(22)4-5-16-17-6-7-19(23)20(17,2)9-8-18(16)22/h15-18H,3-14H2,1-2H3. The highest BCUT2D eigenvalue weighted by Crippen LogP contribution is 2.67. The molecule has 1 heterocycles. The van der Waals surface area contributed by atoms with Crippen molar-refractivity contribution in [2.75, 3.05) is 19.8 Å². The number of hydrogen-bond donors (Lipinski definition) is 0. The Labute approximate surface area is 152 Å². The monoisotopic (exact) mass is 346 g/mol. The number of ether oxygens (including phenoxy) is 2. The van der Waals surface area contributed by atoms with E-state index in [9.17, 15) is 4.79 Å². The van der Waals surface area contributed by atoms with Gasteiger partial charge in [0.05, 0.1) is 18.8 Å². The molecular weight excluding hydrogens is 312 g/mol. The predicted molar refractivity (Wildman–Crippen MR) is 96.2 cm³/mol. The average molecular weight is 347 g/mol. The molecule has 3 nitrogen and oxygen atoms in total. The number of Topliss-reactive ketones (excluding diaryl/α,β-unsaturated/α-hetero) is 1. The molecule has 3 heteroatoms. The number of carbonyl (C=O) groups is 1. The summed E-state index contributed by atoms with van der Waals surface area (Å²) in [5.41, 5.74) is 0.610. The SMILES string of the molecule is CCOCC12CCC3(CO3)CC1CCC1C3CCC(=O)C3(C)CCC12. The number of rotatable bonds is 3. The summed E-state index contributed by atoms with van der Waals surface area (Å²) in [5, 5.41) is 0. The van der Waals surface area contributed by atoms with E-state index in [1.54, 1.807) is 0 Å². The highest BCUT2D eigenvalue weighted by molar-refractivity contribution is 5.87. The van der Waals surface area contributed by atoms with Gasteiger partial charge < -0.3 is 9.47 Å². The van der Waals surface area contributed by atoms with Crippen LogP contribution in [0.3, 0.4) is 0 Å². The minimum absolute atomic E-state index is 0.00367. The average Bonchev–Trinajstić information content (AvgIpc) is 3.30. The van der Waals surface area contributed by atoms with Crippen molar-refractivity contribution in [3.05, 3.63) is 0 Å². The van der Waals surface area contributed by atoms with Crippen LogP contribution in [0.5, 0.6) is 0 Å². The van der Waals surface area contributed by atoms with Crippen LogP contribution in [0.1, 0.15) is 71.6 Å². The minimum atomic E-state index is -0.00367. The maximum absolute atomic E-state index is 12.6. The lowest BCUT2D eigenvalue weighted by Crippen LogP contribution is -2.57. The molecular formula is C22H34O3. The first-order valence-electron chi connectivity index (χ1n) is 10.8. The quantitative estimate of drug-likeness (QED) is 0.712. The molecule has 0 aromatic heterocycles. The first-order valence-corrected chi connectivity index (χ1v) is 10.8. The fourth-order valence-electron chi connectivity index (χ4n) is 7.82. The lowest BCUT2D eigenvalue weighted by Gasteiger charge is -2.61.